The molecule has 0 atom stereocenters. The van der Waals surface area contributed by atoms with E-state index in [0.29, 0.717) is 22.6 Å². The van der Waals surface area contributed by atoms with Gasteiger partial charge in [-0.1, -0.05) is 0 Å². The predicted molar refractivity (Wildman–Crippen MR) is 102 cm³/mol. The Balaban J connectivity index is 1.47. The molecule has 29 heavy (non-hydrogen) atoms. The number of aromatic nitrogens is 4. The number of carbonyl (C=O) groups is 1. The van der Waals surface area contributed by atoms with Crippen LogP contribution in [0, 0.1) is 5.82 Å². The van der Waals surface area contributed by atoms with Crippen LogP contribution in [0.2, 0.25) is 0 Å². The fraction of sp³-hybridized carbons (Fsp3) is 0.286. The summed E-state index contributed by atoms with van der Waals surface area (Å²) in [6.45, 7) is 0.573. The quantitative estimate of drug-likeness (QED) is 0.678. The van der Waals surface area contributed by atoms with Gasteiger partial charge in [0, 0.05) is 37.6 Å². The van der Waals surface area contributed by atoms with E-state index in [0.717, 1.165) is 6.20 Å². The third-order valence-electron chi connectivity index (χ3n) is 5.10. The number of likely N-dealkylation sites (tertiary alicyclic amines) is 1. The first-order chi connectivity index (χ1) is 14.0. The molecule has 1 fully saturated rings. The molecule has 1 saturated heterocycles. The van der Waals surface area contributed by atoms with E-state index < -0.39 is 11.5 Å². The monoisotopic (exact) mass is 395 g/mol. The lowest BCUT2D eigenvalue weighted by molar-refractivity contribution is 0.0434. The summed E-state index contributed by atoms with van der Waals surface area (Å²) >= 11 is 0. The summed E-state index contributed by atoms with van der Waals surface area (Å²) in [7, 11) is 0. The van der Waals surface area contributed by atoms with Crippen molar-refractivity contribution in [3.8, 4) is 11.4 Å². The van der Waals surface area contributed by atoms with Gasteiger partial charge in [-0.2, -0.15) is 0 Å². The fourth-order valence-corrected chi connectivity index (χ4v) is 3.51. The van der Waals surface area contributed by atoms with Gasteiger partial charge in [-0.05, 0) is 43.2 Å². The van der Waals surface area contributed by atoms with Gasteiger partial charge in [0.25, 0.3) is 5.91 Å². The Labute approximate surface area is 166 Å². The highest BCUT2D eigenvalue weighted by Crippen LogP contribution is 2.31. The standard InChI is InChI=1S/C21H19F2N5O/c22-15-3-4-16(26-13-15)12-21(23)6-10-28(11-7-21)20(29)17-2-1-8-25-19(17)18-5-9-24-14-27-18/h1-5,8-9,13-14H,6-7,10-12H2. The lowest BCUT2D eigenvalue weighted by Gasteiger charge is -2.36. The molecule has 0 spiro atoms. The molecule has 0 bridgehead atoms. The van der Waals surface area contributed by atoms with E-state index in [1.807, 2.05) is 0 Å². The number of piperidine rings is 1. The van der Waals surface area contributed by atoms with Crippen molar-refractivity contribution < 1.29 is 13.6 Å². The summed E-state index contributed by atoms with van der Waals surface area (Å²) in [5.41, 5.74) is 0.506. The van der Waals surface area contributed by atoms with Gasteiger partial charge in [-0.25, -0.2) is 18.7 Å². The number of hydrogen-bond acceptors (Lipinski definition) is 5. The number of carbonyl (C=O) groups excluding carboxylic acids is 1. The van der Waals surface area contributed by atoms with Gasteiger partial charge < -0.3 is 4.90 Å². The molecule has 1 aliphatic heterocycles. The largest absolute Gasteiger partial charge is 0.338 e. The van der Waals surface area contributed by atoms with Crippen LogP contribution in [-0.2, 0) is 6.42 Å². The predicted octanol–water partition coefficient (Wildman–Crippen LogP) is 3.26. The van der Waals surface area contributed by atoms with E-state index in [2.05, 4.69) is 19.9 Å². The summed E-state index contributed by atoms with van der Waals surface area (Å²) < 4.78 is 28.2. The van der Waals surface area contributed by atoms with Gasteiger partial charge in [0.15, 0.2) is 0 Å². The Bertz CT molecular complexity index is 989. The third kappa shape index (κ3) is 4.26. The Hall–Kier alpha value is -3.29. The molecule has 8 heteroatoms. The first kappa shape index (κ1) is 19.0. The second-order valence-electron chi connectivity index (χ2n) is 7.08. The molecule has 0 radical (unpaired) electrons. The minimum Gasteiger partial charge on any atom is -0.338 e. The highest BCUT2D eigenvalue weighted by Gasteiger charge is 2.37. The van der Waals surface area contributed by atoms with Crippen LogP contribution in [0.5, 0.6) is 0 Å². The Morgan fingerprint density at radius 3 is 2.59 bits per heavy atom. The minimum atomic E-state index is -1.47. The summed E-state index contributed by atoms with van der Waals surface area (Å²) in [5.74, 6) is -0.647. The van der Waals surface area contributed by atoms with Crippen molar-refractivity contribution in [1.82, 2.24) is 24.8 Å². The molecule has 0 aromatic carbocycles. The second-order valence-corrected chi connectivity index (χ2v) is 7.08. The molecule has 3 aromatic heterocycles. The molecular formula is C21H19F2N5O. The second kappa shape index (κ2) is 7.98. The molecule has 0 unspecified atom stereocenters. The number of amides is 1. The smallest absolute Gasteiger partial charge is 0.256 e. The molecule has 4 heterocycles. The van der Waals surface area contributed by atoms with E-state index in [-0.39, 0.29) is 38.3 Å². The zero-order valence-corrected chi connectivity index (χ0v) is 15.6. The van der Waals surface area contributed by atoms with E-state index in [9.17, 15) is 9.18 Å². The molecule has 4 rings (SSSR count). The number of hydrogen-bond donors (Lipinski definition) is 0. The van der Waals surface area contributed by atoms with Crippen LogP contribution in [0.15, 0.2) is 55.2 Å². The lowest BCUT2D eigenvalue weighted by Crippen LogP contribution is -2.45. The lowest BCUT2D eigenvalue weighted by atomic mass is 9.88. The zero-order chi connectivity index (χ0) is 20.3. The Morgan fingerprint density at radius 1 is 1.07 bits per heavy atom. The fourth-order valence-electron chi connectivity index (χ4n) is 3.51. The molecule has 0 saturated carbocycles. The summed E-state index contributed by atoms with van der Waals surface area (Å²) in [4.78, 5) is 31.0. The Kier molecular flexibility index (Phi) is 5.24. The van der Waals surface area contributed by atoms with Gasteiger partial charge in [0.1, 0.15) is 23.5 Å². The topological polar surface area (TPSA) is 71.9 Å². The van der Waals surface area contributed by atoms with Crippen molar-refractivity contribution in [2.24, 2.45) is 0 Å². The van der Waals surface area contributed by atoms with Gasteiger partial charge >= 0.3 is 0 Å². The van der Waals surface area contributed by atoms with Gasteiger partial charge in [0.05, 0.1) is 17.5 Å². The molecule has 3 aromatic rings. The highest BCUT2D eigenvalue weighted by atomic mass is 19.1. The molecule has 0 N–H and O–H groups in total. The molecular weight excluding hydrogens is 376 g/mol. The summed E-state index contributed by atoms with van der Waals surface area (Å²) in [6.07, 6.45) is 6.19. The van der Waals surface area contributed by atoms with Gasteiger partial charge in [-0.3, -0.25) is 14.8 Å². The van der Waals surface area contributed by atoms with Crippen molar-refractivity contribution >= 4 is 5.91 Å². The first-order valence-electron chi connectivity index (χ1n) is 9.34. The average molecular weight is 395 g/mol. The van der Waals surface area contributed by atoms with E-state index in [1.54, 1.807) is 35.5 Å². The maximum Gasteiger partial charge on any atom is 0.256 e. The van der Waals surface area contributed by atoms with Crippen LogP contribution < -0.4 is 0 Å². The zero-order valence-electron chi connectivity index (χ0n) is 15.6. The first-order valence-corrected chi connectivity index (χ1v) is 9.34. The summed E-state index contributed by atoms with van der Waals surface area (Å²) in [5, 5.41) is 0. The number of alkyl halides is 1. The van der Waals surface area contributed by atoms with E-state index >= 15 is 4.39 Å². The van der Waals surface area contributed by atoms with Crippen molar-refractivity contribution in [1.29, 1.82) is 0 Å². The maximum absolute atomic E-state index is 15.2. The summed E-state index contributed by atoms with van der Waals surface area (Å²) in [6, 6.07) is 7.87. The van der Waals surface area contributed by atoms with Crippen molar-refractivity contribution in [2.75, 3.05) is 13.1 Å². The van der Waals surface area contributed by atoms with Crippen molar-refractivity contribution in [2.45, 2.75) is 24.9 Å². The van der Waals surface area contributed by atoms with E-state index in [1.165, 1.54) is 18.5 Å². The number of rotatable bonds is 4. The van der Waals surface area contributed by atoms with Crippen molar-refractivity contribution in [3.05, 3.63) is 72.3 Å². The van der Waals surface area contributed by atoms with Gasteiger partial charge in [-0.15, -0.1) is 0 Å². The number of halogens is 2. The molecule has 1 amide bonds. The van der Waals surface area contributed by atoms with Crippen LogP contribution in [0.1, 0.15) is 28.9 Å². The van der Waals surface area contributed by atoms with Crippen molar-refractivity contribution in [3.63, 3.8) is 0 Å². The molecule has 1 aliphatic rings. The van der Waals surface area contributed by atoms with Crippen LogP contribution in [-0.4, -0.2) is 49.5 Å². The minimum absolute atomic E-state index is 0.106. The highest BCUT2D eigenvalue weighted by molar-refractivity contribution is 5.99. The number of nitrogens with zero attached hydrogens (tertiary/aromatic N) is 5. The van der Waals surface area contributed by atoms with Crippen LogP contribution in [0.25, 0.3) is 11.4 Å². The van der Waals surface area contributed by atoms with Crippen LogP contribution >= 0.6 is 0 Å². The van der Waals surface area contributed by atoms with Crippen LogP contribution in [0.4, 0.5) is 8.78 Å². The maximum atomic E-state index is 15.2. The average Bonchev–Trinajstić information content (AvgIpc) is 2.76. The third-order valence-corrected chi connectivity index (χ3v) is 5.10. The van der Waals surface area contributed by atoms with E-state index in [4.69, 9.17) is 0 Å². The van der Waals surface area contributed by atoms with Gasteiger partial charge in [0.2, 0.25) is 0 Å². The SMILES string of the molecule is O=C(c1cccnc1-c1ccncn1)N1CCC(F)(Cc2ccc(F)cn2)CC1. The molecule has 148 valence electrons. The van der Waals surface area contributed by atoms with Crippen LogP contribution in [0.3, 0.4) is 0 Å². The normalized spacial score (nSPS) is 15.9. The number of pyridine rings is 2. The molecule has 0 aliphatic carbocycles. The molecule has 6 nitrogen and oxygen atoms in total. The Morgan fingerprint density at radius 2 is 1.90 bits per heavy atom.